The van der Waals surface area contributed by atoms with Crippen LogP contribution in [0.4, 0.5) is 5.69 Å². The maximum absolute atomic E-state index is 12.3. The minimum atomic E-state index is -3.50. The number of rotatable bonds is 5. The molecule has 23 heavy (non-hydrogen) atoms. The summed E-state index contributed by atoms with van der Waals surface area (Å²) in [5.41, 5.74) is 0.518. The van der Waals surface area contributed by atoms with Crippen molar-refractivity contribution in [2.45, 2.75) is 44.6 Å². The quantitative estimate of drug-likeness (QED) is 0.554. The van der Waals surface area contributed by atoms with Gasteiger partial charge in [-0.1, -0.05) is 25.7 Å². The van der Waals surface area contributed by atoms with Crippen LogP contribution in [0.1, 0.15) is 38.5 Å². The zero-order chi connectivity index (χ0) is 16.9. The van der Waals surface area contributed by atoms with Gasteiger partial charge in [-0.3, -0.25) is 9.10 Å². The molecule has 1 saturated carbocycles. The topological polar surface area (TPSA) is 66.5 Å². The Morgan fingerprint density at radius 2 is 1.74 bits per heavy atom. The molecule has 1 aliphatic rings. The number of nitrogens with one attached hydrogen (secondary N) is 1. The number of halogens is 1. The molecule has 1 aliphatic carbocycles. The Hall–Kier alpha value is -0.830. The third-order valence-electron chi connectivity index (χ3n) is 4.02. The maximum atomic E-state index is 12.3. The second-order valence-electron chi connectivity index (χ2n) is 6.00. The molecule has 5 nitrogen and oxygen atoms in total. The van der Waals surface area contributed by atoms with Crippen molar-refractivity contribution in [3.8, 4) is 0 Å². The number of hydrogen-bond acceptors (Lipinski definition) is 3. The number of benzene rings is 1. The highest BCUT2D eigenvalue weighted by molar-refractivity contribution is 14.1. The van der Waals surface area contributed by atoms with Crippen molar-refractivity contribution in [2.75, 3.05) is 17.1 Å². The monoisotopic (exact) mass is 450 g/mol. The minimum absolute atomic E-state index is 0.170. The molecule has 0 aromatic heterocycles. The van der Waals surface area contributed by atoms with E-state index in [4.69, 9.17) is 0 Å². The molecule has 0 bridgehead atoms. The third-order valence-corrected chi connectivity index (χ3v) is 5.88. The molecule has 1 aromatic rings. The van der Waals surface area contributed by atoms with Crippen LogP contribution in [0.25, 0.3) is 0 Å². The number of anilines is 1. The molecular weight excluding hydrogens is 427 g/mol. The molecule has 0 aliphatic heterocycles. The Balaban J connectivity index is 2.05. The Labute approximate surface area is 152 Å². The predicted octanol–water partition coefficient (Wildman–Crippen LogP) is 2.90. The number of sulfonamides is 1. The first-order valence-corrected chi connectivity index (χ1v) is 10.8. The van der Waals surface area contributed by atoms with Gasteiger partial charge in [0.2, 0.25) is 15.9 Å². The van der Waals surface area contributed by atoms with E-state index in [9.17, 15) is 13.2 Å². The number of carbonyl (C=O) groups is 1. The van der Waals surface area contributed by atoms with Crippen LogP contribution in [0.15, 0.2) is 24.3 Å². The normalized spacial score (nSPS) is 16.6. The number of amides is 1. The van der Waals surface area contributed by atoms with Gasteiger partial charge in [-0.25, -0.2) is 8.42 Å². The van der Waals surface area contributed by atoms with Crippen molar-refractivity contribution in [1.29, 1.82) is 0 Å². The van der Waals surface area contributed by atoms with Gasteiger partial charge in [-0.05, 0) is 59.7 Å². The summed E-state index contributed by atoms with van der Waals surface area (Å²) in [4.78, 5) is 12.3. The molecular formula is C16H23IN2O3S. The summed E-state index contributed by atoms with van der Waals surface area (Å²) < 4.78 is 26.3. The highest BCUT2D eigenvalue weighted by Crippen LogP contribution is 2.20. The van der Waals surface area contributed by atoms with E-state index < -0.39 is 10.0 Å². The van der Waals surface area contributed by atoms with Crippen molar-refractivity contribution >= 4 is 44.2 Å². The molecule has 0 atom stereocenters. The molecule has 1 amide bonds. The van der Waals surface area contributed by atoms with E-state index >= 15 is 0 Å². The van der Waals surface area contributed by atoms with Crippen molar-refractivity contribution in [2.24, 2.45) is 0 Å². The fourth-order valence-corrected chi connectivity index (χ4v) is 4.05. The van der Waals surface area contributed by atoms with Crippen LogP contribution < -0.4 is 9.62 Å². The van der Waals surface area contributed by atoms with Gasteiger partial charge in [0.25, 0.3) is 0 Å². The van der Waals surface area contributed by atoms with Crippen molar-refractivity contribution in [3.63, 3.8) is 0 Å². The van der Waals surface area contributed by atoms with E-state index in [1.807, 2.05) is 12.1 Å². The van der Waals surface area contributed by atoms with Crippen LogP contribution in [-0.4, -0.2) is 33.2 Å². The Morgan fingerprint density at radius 3 is 2.26 bits per heavy atom. The average Bonchev–Trinajstić information content (AvgIpc) is 2.73. The lowest BCUT2D eigenvalue weighted by Gasteiger charge is -2.24. The first-order valence-electron chi connectivity index (χ1n) is 7.89. The fourth-order valence-electron chi connectivity index (χ4n) is 2.83. The molecule has 0 spiro atoms. The molecule has 1 N–H and O–H groups in total. The van der Waals surface area contributed by atoms with Gasteiger partial charge in [0.05, 0.1) is 11.9 Å². The SMILES string of the molecule is CS(=O)(=O)N(CC(=O)NC1CCCCCC1)c1ccc(I)cc1. The maximum Gasteiger partial charge on any atom is 0.240 e. The minimum Gasteiger partial charge on any atom is -0.352 e. The Morgan fingerprint density at radius 1 is 1.17 bits per heavy atom. The lowest BCUT2D eigenvalue weighted by Crippen LogP contribution is -2.44. The number of nitrogens with zero attached hydrogens (tertiary/aromatic N) is 1. The first-order chi connectivity index (χ1) is 10.9. The van der Waals surface area contributed by atoms with Crippen LogP contribution in [-0.2, 0) is 14.8 Å². The highest BCUT2D eigenvalue weighted by atomic mass is 127. The molecule has 7 heteroatoms. The Bertz CT molecular complexity index is 623. The molecule has 0 saturated heterocycles. The summed E-state index contributed by atoms with van der Waals surface area (Å²) in [6.07, 6.45) is 7.76. The molecule has 1 aromatic carbocycles. The molecule has 0 unspecified atom stereocenters. The van der Waals surface area contributed by atoms with Crippen molar-refractivity contribution < 1.29 is 13.2 Å². The van der Waals surface area contributed by atoms with E-state index in [2.05, 4.69) is 27.9 Å². The van der Waals surface area contributed by atoms with Gasteiger partial charge in [-0.2, -0.15) is 0 Å². The summed E-state index contributed by atoms with van der Waals surface area (Å²) >= 11 is 2.16. The van der Waals surface area contributed by atoms with E-state index in [1.165, 1.54) is 12.8 Å². The summed E-state index contributed by atoms with van der Waals surface area (Å²) in [6, 6.07) is 7.28. The van der Waals surface area contributed by atoms with E-state index in [0.29, 0.717) is 5.69 Å². The standard InChI is InChI=1S/C16H23IN2O3S/c1-23(21,22)19(15-10-8-13(17)9-11-15)12-16(20)18-14-6-4-2-3-5-7-14/h8-11,14H,2-7,12H2,1H3,(H,18,20). The molecule has 0 radical (unpaired) electrons. The van der Waals surface area contributed by atoms with Gasteiger partial charge in [-0.15, -0.1) is 0 Å². The van der Waals surface area contributed by atoms with Crippen LogP contribution >= 0.6 is 22.6 Å². The zero-order valence-corrected chi connectivity index (χ0v) is 16.3. The molecule has 128 valence electrons. The van der Waals surface area contributed by atoms with Crippen LogP contribution in [0.3, 0.4) is 0 Å². The van der Waals surface area contributed by atoms with E-state index in [-0.39, 0.29) is 18.5 Å². The zero-order valence-electron chi connectivity index (χ0n) is 13.3. The van der Waals surface area contributed by atoms with Crippen LogP contribution in [0.2, 0.25) is 0 Å². The highest BCUT2D eigenvalue weighted by Gasteiger charge is 2.22. The fraction of sp³-hybridized carbons (Fsp3) is 0.562. The van der Waals surface area contributed by atoms with Gasteiger partial charge in [0, 0.05) is 9.61 Å². The second-order valence-corrected chi connectivity index (χ2v) is 9.15. The van der Waals surface area contributed by atoms with Crippen molar-refractivity contribution in [3.05, 3.63) is 27.8 Å². The second kappa shape index (κ2) is 8.32. The van der Waals surface area contributed by atoms with Gasteiger partial charge in [0.1, 0.15) is 6.54 Å². The summed E-state index contributed by atoms with van der Waals surface area (Å²) in [5, 5.41) is 3.00. The summed E-state index contributed by atoms with van der Waals surface area (Å²) in [7, 11) is -3.50. The van der Waals surface area contributed by atoms with Gasteiger partial charge < -0.3 is 5.32 Å². The number of hydrogen-bond donors (Lipinski definition) is 1. The molecule has 2 rings (SSSR count). The van der Waals surface area contributed by atoms with Crippen LogP contribution in [0.5, 0.6) is 0 Å². The van der Waals surface area contributed by atoms with E-state index in [0.717, 1.165) is 39.8 Å². The smallest absolute Gasteiger partial charge is 0.240 e. The predicted molar refractivity (Wildman–Crippen MR) is 101 cm³/mol. The average molecular weight is 450 g/mol. The van der Waals surface area contributed by atoms with Crippen molar-refractivity contribution in [1.82, 2.24) is 5.32 Å². The third kappa shape index (κ3) is 5.95. The molecule has 0 heterocycles. The lowest BCUT2D eigenvalue weighted by molar-refractivity contribution is -0.120. The van der Waals surface area contributed by atoms with Crippen LogP contribution in [0, 0.1) is 3.57 Å². The van der Waals surface area contributed by atoms with Gasteiger partial charge >= 0.3 is 0 Å². The van der Waals surface area contributed by atoms with Gasteiger partial charge in [0.15, 0.2) is 0 Å². The van der Waals surface area contributed by atoms with E-state index in [1.54, 1.807) is 12.1 Å². The lowest BCUT2D eigenvalue weighted by atomic mass is 10.1. The molecule has 1 fully saturated rings. The summed E-state index contributed by atoms with van der Waals surface area (Å²) in [5.74, 6) is -0.235. The number of carbonyl (C=O) groups excluding carboxylic acids is 1. The largest absolute Gasteiger partial charge is 0.352 e. The Kier molecular flexibility index (Phi) is 6.70. The summed E-state index contributed by atoms with van der Waals surface area (Å²) in [6.45, 7) is -0.171. The first kappa shape index (κ1) is 18.5.